The molecule has 208 valence electrons. The summed E-state index contributed by atoms with van der Waals surface area (Å²) >= 11 is 0. The molecular weight excluding hydrogens is 492 g/mol. The predicted molar refractivity (Wildman–Crippen MR) is 143 cm³/mol. The Morgan fingerprint density at radius 2 is 1.62 bits per heavy atom. The van der Waals surface area contributed by atoms with Gasteiger partial charge in [-0.05, 0) is 88.8 Å². The van der Waals surface area contributed by atoms with Gasteiger partial charge in [-0.1, -0.05) is 0 Å². The fourth-order valence-electron chi connectivity index (χ4n) is 6.01. The zero-order valence-corrected chi connectivity index (χ0v) is 23.8. The lowest BCUT2D eigenvalue weighted by atomic mass is 9.96. The molecule has 0 unspecified atom stereocenters. The SMILES string of the molecule is COc1cc(C)c(S(=O)(=O)N2CCC[C@H]2COCC(=O)N2CCN(CC3CCN(C)CC3)CC2)c(C)c1. The van der Waals surface area contributed by atoms with Crippen LogP contribution in [-0.2, 0) is 19.6 Å². The molecule has 1 amide bonds. The third kappa shape index (κ3) is 6.84. The molecule has 0 N–H and O–H groups in total. The Bertz CT molecular complexity index is 1010. The number of rotatable bonds is 9. The van der Waals surface area contributed by atoms with Gasteiger partial charge in [0, 0.05) is 45.3 Å². The lowest BCUT2D eigenvalue weighted by molar-refractivity contribution is -0.138. The van der Waals surface area contributed by atoms with Crippen molar-refractivity contribution in [2.75, 3.05) is 79.7 Å². The quantitative estimate of drug-likeness (QED) is 0.477. The number of aryl methyl sites for hydroxylation is 2. The van der Waals surface area contributed by atoms with Crippen molar-refractivity contribution >= 4 is 15.9 Å². The van der Waals surface area contributed by atoms with Crippen molar-refractivity contribution in [2.24, 2.45) is 5.92 Å². The third-order valence-electron chi connectivity index (χ3n) is 8.17. The molecule has 3 aliphatic rings. The van der Waals surface area contributed by atoms with Crippen LogP contribution in [0.5, 0.6) is 5.75 Å². The number of methoxy groups -OCH3 is 1. The van der Waals surface area contributed by atoms with Crippen LogP contribution >= 0.6 is 0 Å². The summed E-state index contributed by atoms with van der Waals surface area (Å²) in [5, 5.41) is 0. The number of carbonyl (C=O) groups excluding carboxylic acids is 1. The second-order valence-corrected chi connectivity index (χ2v) is 12.8. The molecule has 9 nitrogen and oxygen atoms in total. The van der Waals surface area contributed by atoms with Gasteiger partial charge in [0.25, 0.3) is 0 Å². The molecule has 1 aromatic carbocycles. The molecule has 0 spiro atoms. The summed E-state index contributed by atoms with van der Waals surface area (Å²) in [6.07, 6.45) is 4.04. The number of amides is 1. The van der Waals surface area contributed by atoms with Crippen molar-refractivity contribution in [3.8, 4) is 5.75 Å². The summed E-state index contributed by atoms with van der Waals surface area (Å²) < 4.78 is 39.8. The second kappa shape index (κ2) is 12.4. The number of hydrogen-bond acceptors (Lipinski definition) is 7. The van der Waals surface area contributed by atoms with Gasteiger partial charge >= 0.3 is 0 Å². The summed E-state index contributed by atoms with van der Waals surface area (Å²) in [5.41, 5.74) is 1.35. The normalized spacial score (nSPS) is 23.0. The van der Waals surface area contributed by atoms with Crippen LogP contribution in [0.15, 0.2) is 17.0 Å². The van der Waals surface area contributed by atoms with Crippen molar-refractivity contribution < 1.29 is 22.7 Å². The number of nitrogens with zero attached hydrogens (tertiary/aromatic N) is 4. The van der Waals surface area contributed by atoms with Gasteiger partial charge < -0.3 is 19.3 Å². The topological polar surface area (TPSA) is 82.6 Å². The molecule has 0 aliphatic carbocycles. The number of piperidine rings is 1. The first-order valence-corrected chi connectivity index (χ1v) is 15.1. The van der Waals surface area contributed by atoms with Gasteiger partial charge in [0.2, 0.25) is 15.9 Å². The molecule has 1 atom stereocenters. The van der Waals surface area contributed by atoms with Crippen molar-refractivity contribution in [3.63, 3.8) is 0 Å². The maximum absolute atomic E-state index is 13.6. The van der Waals surface area contributed by atoms with Gasteiger partial charge in [0.1, 0.15) is 12.4 Å². The standard InChI is InChI=1S/C27H44N4O5S/c1-21-16-25(35-4)17-22(2)27(21)37(33,34)31-9-5-6-24(31)19-36-20-26(32)30-14-12-29(13-15-30)18-23-7-10-28(3)11-8-23/h16-17,23-24H,5-15,18-20H2,1-4H3/t24-/m0/s1. The van der Waals surface area contributed by atoms with Crippen LogP contribution in [0.2, 0.25) is 0 Å². The van der Waals surface area contributed by atoms with Gasteiger partial charge in [-0.3, -0.25) is 9.69 Å². The number of carbonyl (C=O) groups is 1. The molecule has 4 rings (SSSR count). The molecular formula is C27H44N4O5S. The monoisotopic (exact) mass is 536 g/mol. The van der Waals surface area contributed by atoms with E-state index in [1.54, 1.807) is 37.4 Å². The highest BCUT2D eigenvalue weighted by Gasteiger charge is 2.37. The van der Waals surface area contributed by atoms with Crippen molar-refractivity contribution in [1.29, 1.82) is 0 Å². The van der Waals surface area contributed by atoms with Crippen molar-refractivity contribution in [2.45, 2.75) is 50.5 Å². The molecule has 0 aromatic heterocycles. The minimum Gasteiger partial charge on any atom is -0.497 e. The molecule has 37 heavy (non-hydrogen) atoms. The minimum atomic E-state index is -3.67. The number of benzene rings is 1. The van der Waals surface area contributed by atoms with Crippen molar-refractivity contribution in [1.82, 2.24) is 19.0 Å². The highest BCUT2D eigenvalue weighted by molar-refractivity contribution is 7.89. The fourth-order valence-corrected chi connectivity index (χ4v) is 8.10. The molecule has 0 saturated carbocycles. The van der Waals surface area contributed by atoms with Crippen LogP contribution in [0.1, 0.15) is 36.8 Å². The van der Waals surface area contributed by atoms with E-state index in [4.69, 9.17) is 9.47 Å². The Morgan fingerprint density at radius 3 is 2.24 bits per heavy atom. The Morgan fingerprint density at radius 1 is 0.973 bits per heavy atom. The van der Waals surface area contributed by atoms with E-state index >= 15 is 0 Å². The largest absolute Gasteiger partial charge is 0.497 e. The summed E-state index contributed by atoms with van der Waals surface area (Å²) in [6, 6.07) is 3.26. The summed E-state index contributed by atoms with van der Waals surface area (Å²) in [5.74, 6) is 1.41. The smallest absolute Gasteiger partial charge is 0.248 e. The molecule has 1 aromatic rings. The highest BCUT2D eigenvalue weighted by atomic mass is 32.2. The van der Waals surface area contributed by atoms with E-state index in [1.165, 1.54) is 25.9 Å². The van der Waals surface area contributed by atoms with Crippen LogP contribution < -0.4 is 4.74 Å². The van der Waals surface area contributed by atoms with Crippen LogP contribution in [0.3, 0.4) is 0 Å². The fraction of sp³-hybridized carbons (Fsp3) is 0.741. The maximum atomic E-state index is 13.6. The number of likely N-dealkylation sites (tertiary alicyclic amines) is 1. The molecule has 3 saturated heterocycles. The van der Waals surface area contributed by atoms with Crippen molar-refractivity contribution in [3.05, 3.63) is 23.3 Å². The predicted octanol–water partition coefficient (Wildman–Crippen LogP) is 1.97. The lowest BCUT2D eigenvalue weighted by Gasteiger charge is -2.38. The van der Waals surface area contributed by atoms with Crippen LogP contribution in [0.25, 0.3) is 0 Å². The number of ether oxygens (including phenoxy) is 2. The Kier molecular flexibility index (Phi) is 9.50. The van der Waals surface area contributed by atoms with Gasteiger partial charge in [-0.25, -0.2) is 8.42 Å². The molecule has 3 fully saturated rings. The van der Waals surface area contributed by atoms with Crippen LogP contribution in [0, 0.1) is 19.8 Å². The summed E-state index contributed by atoms with van der Waals surface area (Å²) in [4.78, 5) is 19.9. The second-order valence-electron chi connectivity index (χ2n) is 10.9. The zero-order chi connectivity index (χ0) is 26.6. The average molecular weight is 537 g/mol. The first-order chi connectivity index (χ1) is 17.7. The first kappa shape index (κ1) is 28.3. The van der Waals surface area contributed by atoms with E-state index in [2.05, 4.69) is 16.8 Å². The average Bonchev–Trinajstić information content (AvgIpc) is 3.35. The van der Waals surface area contributed by atoms with E-state index in [0.717, 1.165) is 51.5 Å². The Balaban J connectivity index is 1.24. The molecule has 3 aliphatic heterocycles. The summed E-state index contributed by atoms with van der Waals surface area (Å²) in [7, 11) is 0.0937. The Hall–Kier alpha value is -1.72. The van der Waals surface area contributed by atoms with E-state index in [1.807, 2.05) is 4.90 Å². The number of hydrogen-bond donors (Lipinski definition) is 0. The number of piperazine rings is 1. The van der Waals surface area contributed by atoms with Gasteiger partial charge in [0.05, 0.1) is 18.6 Å². The zero-order valence-electron chi connectivity index (χ0n) is 22.9. The van der Waals surface area contributed by atoms with Gasteiger partial charge in [0.15, 0.2) is 0 Å². The van der Waals surface area contributed by atoms with E-state index < -0.39 is 10.0 Å². The van der Waals surface area contributed by atoms with E-state index in [-0.39, 0.29) is 25.2 Å². The van der Waals surface area contributed by atoms with E-state index in [0.29, 0.717) is 28.3 Å². The van der Waals surface area contributed by atoms with Gasteiger partial charge in [-0.15, -0.1) is 0 Å². The molecule has 10 heteroatoms. The minimum absolute atomic E-state index is 0.0000608. The highest BCUT2D eigenvalue weighted by Crippen LogP contribution is 2.32. The maximum Gasteiger partial charge on any atom is 0.248 e. The molecule has 0 radical (unpaired) electrons. The third-order valence-corrected chi connectivity index (χ3v) is 10.4. The molecule has 3 heterocycles. The molecule has 0 bridgehead atoms. The van der Waals surface area contributed by atoms with Crippen LogP contribution in [-0.4, -0.2) is 119 Å². The lowest BCUT2D eigenvalue weighted by Crippen LogP contribution is -2.51. The van der Waals surface area contributed by atoms with Gasteiger partial charge in [-0.2, -0.15) is 4.31 Å². The number of sulfonamides is 1. The Labute approximate surface area is 222 Å². The first-order valence-electron chi connectivity index (χ1n) is 13.6. The summed E-state index contributed by atoms with van der Waals surface area (Å²) in [6.45, 7) is 11.1. The van der Waals surface area contributed by atoms with E-state index in [9.17, 15) is 13.2 Å². The van der Waals surface area contributed by atoms with Crippen LogP contribution in [0.4, 0.5) is 0 Å².